The Morgan fingerprint density at radius 1 is 1.53 bits per heavy atom. The van der Waals surface area contributed by atoms with Crippen LogP contribution in [-0.4, -0.2) is 38.5 Å². The summed E-state index contributed by atoms with van der Waals surface area (Å²) in [5, 5.41) is 20.6. The van der Waals surface area contributed by atoms with Crippen molar-refractivity contribution in [3.05, 3.63) is 33.2 Å². The SMILES string of the molecule is O=C(O)c1cn(CCNC(=O)c2sccc2Cl)nn1. The molecule has 0 aliphatic carbocycles. The van der Waals surface area contributed by atoms with Gasteiger partial charge in [-0.15, -0.1) is 16.4 Å². The molecule has 2 aromatic rings. The third-order valence-corrected chi connectivity index (χ3v) is 3.55. The van der Waals surface area contributed by atoms with Crippen LogP contribution < -0.4 is 5.32 Å². The van der Waals surface area contributed by atoms with E-state index in [2.05, 4.69) is 15.6 Å². The number of hydrogen-bond donors (Lipinski definition) is 2. The van der Waals surface area contributed by atoms with Crippen molar-refractivity contribution in [1.82, 2.24) is 20.3 Å². The van der Waals surface area contributed by atoms with E-state index in [1.54, 1.807) is 11.4 Å². The first-order valence-electron chi connectivity index (χ1n) is 5.22. The minimum atomic E-state index is -1.14. The topological polar surface area (TPSA) is 97.1 Å². The summed E-state index contributed by atoms with van der Waals surface area (Å²) in [5.41, 5.74) is -0.132. The quantitative estimate of drug-likeness (QED) is 0.862. The molecule has 0 aliphatic rings. The second-order valence-electron chi connectivity index (χ2n) is 3.53. The van der Waals surface area contributed by atoms with Crippen LogP contribution in [-0.2, 0) is 6.54 Å². The normalized spacial score (nSPS) is 10.4. The molecule has 0 radical (unpaired) electrons. The molecule has 7 nitrogen and oxygen atoms in total. The molecule has 2 N–H and O–H groups in total. The summed E-state index contributed by atoms with van der Waals surface area (Å²) in [6, 6.07) is 1.65. The number of hydrogen-bond acceptors (Lipinski definition) is 5. The van der Waals surface area contributed by atoms with Crippen molar-refractivity contribution in [2.45, 2.75) is 6.54 Å². The molecule has 0 saturated heterocycles. The summed E-state index contributed by atoms with van der Waals surface area (Å²) >= 11 is 7.08. The van der Waals surface area contributed by atoms with Gasteiger partial charge in [-0.05, 0) is 11.4 Å². The van der Waals surface area contributed by atoms with Crippen LogP contribution in [0.25, 0.3) is 0 Å². The van der Waals surface area contributed by atoms with Crippen LogP contribution in [0.5, 0.6) is 0 Å². The average Bonchev–Trinajstić information content (AvgIpc) is 2.97. The number of carboxylic acids is 1. The maximum atomic E-state index is 11.7. The van der Waals surface area contributed by atoms with E-state index in [-0.39, 0.29) is 11.6 Å². The highest BCUT2D eigenvalue weighted by molar-refractivity contribution is 7.12. The van der Waals surface area contributed by atoms with Crippen molar-refractivity contribution in [1.29, 1.82) is 0 Å². The van der Waals surface area contributed by atoms with Gasteiger partial charge in [0.25, 0.3) is 5.91 Å². The van der Waals surface area contributed by atoms with E-state index in [1.807, 2.05) is 0 Å². The summed E-state index contributed by atoms with van der Waals surface area (Å²) in [4.78, 5) is 22.7. The van der Waals surface area contributed by atoms with Crippen LogP contribution >= 0.6 is 22.9 Å². The number of aromatic carboxylic acids is 1. The van der Waals surface area contributed by atoms with E-state index in [0.29, 0.717) is 23.0 Å². The van der Waals surface area contributed by atoms with Gasteiger partial charge in [0.1, 0.15) is 4.88 Å². The van der Waals surface area contributed by atoms with E-state index < -0.39 is 5.97 Å². The van der Waals surface area contributed by atoms with E-state index >= 15 is 0 Å². The van der Waals surface area contributed by atoms with Gasteiger partial charge >= 0.3 is 5.97 Å². The van der Waals surface area contributed by atoms with E-state index in [4.69, 9.17) is 16.7 Å². The summed E-state index contributed by atoms with van der Waals surface area (Å²) in [5.74, 6) is -1.40. The fraction of sp³-hybridized carbons (Fsp3) is 0.200. The first-order chi connectivity index (χ1) is 9.08. The molecule has 9 heteroatoms. The van der Waals surface area contributed by atoms with Crippen LogP contribution in [0.1, 0.15) is 20.2 Å². The lowest BCUT2D eigenvalue weighted by Gasteiger charge is -2.03. The molecule has 0 saturated carbocycles. The maximum Gasteiger partial charge on any atom is 0.358 e. The average molecular weight is 301 g/mol. The fourth-order valence-corrected chi connectivity index (χ4v) is 2.38. The number of rotatable bonds is 5. The number of amides is 1. The molecule has 0 atom stereocenters. The minimum Gasteiger partial charge on any atom is -0.476 e. The van der Waals surface area contributed by atoms with Crippen LogP contribution in [0.15, 0.2) is 17.6 Å². The smallest absolute Gasteiger partial charge is 0.358 e. The predicted octanol–water partition coefficient (Wildman–Crippen LogP) is 1.12. The first-order valence-corrected chi connectivity index (χ1v) is 6.48. The van der Waals surface area contributed by atoms with Crippen molar-refractivity contribution in [3.8, 4) is 0 Å². The molecule has 0 fully saturated rings. The number of halogens is 1. The molecule has 0 spiro atoms. The molecule has 100 valence electrons. The molecule has 0 aromatic carbocycles. The fourth-order valence-electron chi connectivity index (χ4n) is 1.33. The number of nitrogens with one attached hydrogen (secondary N) is 1. The zero-order chi connectivity index (χ0) is 13.8. The molecule has 0 bridgehead atoms. The second-order valence-corrected chi connectivity index (χ2v) is 4.85. The Morgan fingerprint density at radius 2 is 2.32 bits per heavy atom. The lowest BCUT2D eigenvalue weighted by Crippen LogP contribution is -2.26. The highest BCUT2D eigenvalue weighted by Gasteiger charge is 2.11. The van der Waals surface area contributed by atoms with Gasteiger partial charge in [-0.2, -0.15) is 0 Å². The number of thiophene rings is 1. The molecule has 0 unspecified atom stereocenters. The number of carbonyl (C=O) groups is 2. The van der Waals surface area contributed by atoms with Crippen molar-refractivity contribution in [2.24, 2.45) is 0 Å². The van der Waals surface area contributed by atoms with Gasteiger partial charge in [-0.3, -0.25) is 4.79 Å². The third-order valence-electron chi connectivity index (χ3n) is 2.21. The molecule has 2 rings (SSSR count). The van der Waals surface area contributed by atoms with Crippen molar-refractivity contribution < 1.29 is 14.7 Å². The standard InChI is InChI=1S/C10H9ClN4O3S/c11-6-1-4-19-8(6)9(16)12-2-3-15-5-7(10(17)18)13-14-15/h1,4-5H,2-3H2,(H,12,16)(H,17,18). The highest BCUT2D eigenvalue weighted by Crippen LogP contribution is 2.21. The minimum absolute atomic E-state index is 0.132. The lowest BCUT2D eigenvalue weighted by atomic mass is 10.4. The Bertz CT molecular complexity index is 609. The Labute approximate surface area is 116 Å². The molecular weight excluding hydrogens is 292 g/mol. The van der Waals surface area contributed by atoms with Gasteiger partial charge in [-0.25, -0.2) is 9.48 Å². The third kappa shape index (κ3) is 3.30. The first kappa shape index (κ1) is 13.5. The van der Waals surface area contributed by atoms with Gasteiger partial charge in [0, 0.05) is 6.54 Å². The monoisotopic (exact) mass is 300 g/mol. The summed E-state index contributed by atoms with van der Waals surface area (Å²) in [7, 11) is 0. The number of carboxylic acid groups (broad SMARTS) is 1. The van der Waals surface area contributed by atoms with Gasteiger partial charge in [0.15, 0.2) is 5.69 Å². The highest BCUT2D eigenvalue weighted by atomic mass is 35.5. The molecule has 2 heterocycles. The van der Waals surface area contributed by atoms with Crippen LogP contribution in [0.2, 0.25) is 5.02 Å². The van der Waals surface area contributed by atoms with Crippen LogP contribution in [0.3, 0.4) is 0 Å². The largest absolute Gasteiger partial charge is 0.476 e. The van der Waals surface area contributed by atoms with Gasteiger partial charge < -0.3 is 10.4 Å². The maximum absolute atomic E-state index is 11.7. The van der Waals surface area contributed by atoms with Crippen molar-refractivity contribution >= 4 is 34.8 Å². The molecule has 2 aromatic heterocycles. The molecule has 0 aliphatic heterocycles. The van der Waals surface area contributed by atoms with Gasteiger partial charge in [-0.1, -0.05) is 16.8 Å². The van der Waals surface area contributed by atoms with E-state index in [0.717, 1.165) is 0 Å². The van der Waals surface area contributed by atoms with Crippen molar-refractivity contribution in [2.75, 3.05) is 6.54 Å². The predicted molar refractivity (Wildman–Crippen MR) is 68.6 cm³/mol. The zero-order valence-corrected chi connectivity index (χ0v) is 11.1. The molecule has 1 amide bonds. The lowest BCUT2D eigenvalue weighted by molar-refractivity contribution is 0.0690. The molecular formula is C10H9ClN4O3S. The van der Waals surface area contributed by atoms with E-state index in [1.165, 1.54) is 22.2 Å². The zero-order valence-electron chi connectivity index (χ0n) is 9.54. The number of carbonyl (C=O) groups excluding carboxylic acids is 1. The van der Waals surface area contributed by atoms with Crippen LogP contribution in [0, 0.1) is 0 Å². The summed E-state index contributed by atoms with van der Waals surface area (Å²) < 4.78 is 1.35. The number of nitrogens with zero attached hydrogens (tertiary/aromatic N) is 3. The van der Waals surface area contributed by atoms with Gasteiger partial charge in [0.2, 0.25) is 0 Å². The van der Waals surface area contributed by atoms with E-state index in [9.17, 15) is 9.59 Å². The molecule has 19 heavy (non-hydrogen) atoms. The summed E-state index contributed by atoms with van der Waals surface area (Å²) in [6.07, 6.45) is 1.30. The summed E-state index contributed by atoms with van der Waals surface area (Å²) in [6.45, 7) is 0.629. The number of aromatic nitrogens is 3. The Morgan fingerprint density at radius 3 is 2.89 bits per heavy atom. The van der Waals surface area contributed by atoms with Crippen LogP contribution in [0.4, 0.5) is 0 Å². The van der Waals surface area contributed by atoms with Gasteiger partial charge in [0.05, 0.1) is 17.8 Å². The second kappa shape index (κ2) is 5.81. The van der Waals surface area contributed by atoms with Crippen molar-refractivity contribution in [3.63, 3.8) is 0 Å². The Kier molecular flexibility index (Phi) is 4.13. The Balaban J connectivity index is 1.85. The Hall–Kier alpha value is -1.93.